The summed E-state index contributed by atoms with van der Waals surface area (Å²) in [6, 6.07) is 82.0. The number of fused-ring (bicyclic) bond motifs is 4. The Bertz CT molecular complexity index is 2890. The first kappa shape index (κ1) is 33.0. The molecule has 2 nitrogen and oxygen atoms in total. The maximum absolute atomic E-state index is 2.51. The Morgan fingerprint density at radius 2 is 0.667 bits per heavy atom. The molecule has 0 amide bonds. The summed E-state index contributed by atoms with van der Waals surface area (Å²) in [6.07, 6.45) is 0. The molecule has 0 radical (unpaired) electrons. The Kier molecular flexibility index (Phi) is 7.96. The molecular weight excluding hydrogens is 687 g/mol. The van der Waals surface area contributed by atoms with Crippen LogP contribution >= 0.6 is 0 Å². The van der Waals surface area contributed by atoms with E-state index in [0.717, 1.165) is 11.4 Å². The van der Waals surface area contributed by atoms with Gasteiger partial charge in [-0.15, -0.1) is 0 Å². The van der Waals surface area contributed by atoms with Gasteiger partial charge in [0.15, 0.2) is 0 Å². The van der Waals surface area contributed by atoms with Gasteiger partial charge in [0, 0.05) is 34.1 Å². The third-order valence-corrected chi connectivity index (χ3v) is 11.6. The van der Waals surface area contributed by atoms with Gasteiger partial charge in [0.1, 0.15) is 0 Å². The molecule has 2 aliphatic heterocycles. The highest BCUT2D eigenvalue weighted by molar-refractivity contribution is 7.01. The van der Waals surface area contributed by atoms with Crippen molar-refractivity contribution in [3.63, 3.8) is 0 Å². The summed E-state index contributed by atoms with van der Waals surface area (Å²) in [5, 5.41) is 0. The van der Waals surface area contributed by atoms with Crippen molar-refractivity contribution in [2.24, 2.45) is 0 Å². The zero-order valence-electron chi connectivity index (χ0n) is 31.3. The molecule has 0 aliphatic carbocycles. The Morgan fingerprint density at radius 1 is 0.263 bits per heavy atom. The van der Waals surface area contributed by atoms with E-state index in [1.807, 2.05) is 0 Å². The van der Waals surface area contributed by atoms with Crippen LogP contribution in [0.5, 0.6) is 0 Å². The second-order valence-electron chi connectivity index (χ2n) is 14.9. The van der Waals surface area contributed by atoms with Gasteiger partial charge in [-0.3, -0.25) is 0 Å². The third kappa shape index (κ3) is 5.59. The van der Waals surface area contributed by atoms with Crippen LogP contribution in [-0.4, -0.2) is 6.71 Å². The Balaban J connectivity index is 1.21. The molecule has 266 valence electrons. The average Bonchev–Trinajstić information content (AvgIpc) is 3.30. The molecule has 0 atom stereocenters. The van der Waals surface area contributed by atoms with Crippen molar-refractivity contribution in [2.75, 3.05) is 9.80 Å². The molecule has 0 fully saturated rings. The minimum atomic E-state index is -0.0246. The number of benzene rings is 9. The van der Waals surface area contributed by atoms with Crippen LogP contribution in [0.1, 0.15) is 0 Å². The zero-order valence-corrected chi connectivity index (χ0v) is 31.3. The number of hydrogen-bond acceptors (Lipinski definition) is 2. The first-order valence-electron chi connectivity index (χ1n) is 19.7. The van der Waals surface area contributed by atoms with Crippen molar-refractivity contribution in [1.82, 2.24) is 0 Å². The summed E-state index contributed by atoms with van der Waals surface area (Å²) in [5.41, 5.74) is 20.7. The van der Waals surface area contributed by atoms with Gasteiger partial charge in [-0.1, -0.05) is 176 Å². The summed E-state index contributed by atoms with van der Waals surface area (Å²) < 4.78 is 0. The van der Waals surface area contributed by atoms with E-state index in [1.165, 1.54) is 83.6 Å². The maximum atomic E-state index is 2.51. The monoisotopic (exact) mass is 724 g/mol. The Hall–Kier alpha value is -7.36. The molecule has 57 heavy (non-hydrogen) atoms. The zero-order chi connectivity index (χ0) is 37.7. The van der Waals surface area contributed by atoms with E-state index < -0.39 is 0 Å². The van der Waals surface area contributed by atoms with Crippen LogP contribution in [0.25, 0.3) is 44.5 Å². The molecule has 2 aliphatic rings. The fourth-order valence-corrected chi connectivity index (χ4v) is 9.13. The van der Waals surface area contributed by atoms with Crippen molar-refractivity contribution in [2.45, 2.75) is 0 Å². The normalized spacial score (nSPS) is 12.5. The molecule has 0 saturated heterocycles. The highest BCUT2D eigenvalue weighted by Gasteiger charge is 2.44. The van der Waals surface area contributed by atoms with Crippen molar-refractivity contribution >= 4 is 57.2 Å². The molecule has 0 bridgehead atoms. The fraction of sp³-hybridized carbons (Fsp3) is 0. The molecule has 0 N–H and O–H groups in total. The van der Waals surface area contributed by atoms with Crippen LogP contribution in [0.4, 0.5) is 34.1 Å². The second-order valence-corrected chi connectivity index (χ2v) is 14.9. The van der Waals surface area contributed by atoms with Gasteiger partial charge in [0.25, 0.3) is 6.71 Å². The summed E-state index contributed by atoms with van der Waals surface area (Å²) in [6.45, 7) is -0.0246. The minimum absolute atomic E-state index is 0.0246. The van der Waals surface area contributed by atoms with Crippen molar-refractivity contribution < 1.29 is 0 Å². The fourth-order valence-electron chi connectivity index (χ4n) is 9.13. The average molecular weight is 725 g/mol. The van der Waals surface area contributed by atoms with Gasteiger partial charge in [-0.05, 0) is 109 Å². The number of rotatable bonds is 6. The molecule has 0 unspecified atom stereocenters. The molecular formula is C54H37BN2. The molecule has 9 aromatic carbocycles. The van der Waals surface area contributed by atoms with Crippen LogP contribution in [0.3, 0.4) is 0 Å². The first-order chi connectivity index (χ1) is 28.3. The van der Waals surface area contributed by atoms with Crippen LogP contribution in [0.2, 0.25) is 0 Å². The molecule has 11 rings (SSSR count). The molecule has 0 saturated carbocycles. The van der Waals surface area contributed by atoms with Gasteiger partial charge < -0.3 is 9.80 Å². The highest BCUT2D eigenvalue weighted by atomic mass is 15.2. The van der Waals surface area contributed by atoms with Gasteiger partial charge in [0.05, 0.1) is 0 Å². The van der Waals surface area contributed by atoms with E-state index in [9.17, 15) is 0 Å². The smallest absolute Gasteiger partial charge is 0.252 e. The molecule has 0 spiro atoms. The van der Waals surface area contributed by atoms with Gasteiger partial charge in [-0.25, -0.2) is 0 Å². The van der Waals surface area contributed by atoms with Crippen LogP contribution < -0.4 is 26.2 Å². The molecule has 0 aromatic heterocycles. The van der Waals surface area contributed by atoms with Crippen LogP contribution in [0.15, 0.2) is 224 Å². The van der Waals surface area contributed by atoms with Gasteiger partial charge >= 0.3 is 0 Å². The van der Waals surface area contributed by atoms with E-state index in [0.29, 0.717) is 0 Å². The predicted molar refractivity (Wildman–Crippen MR) is 242 cm³/mol. The second kappa shape index (κ2) is 13.7. The minimum Gasteiger partial charge on any atom is -0.311 e. The van der Waals surface area contributed by atoms with Crippen molar-refractivity contribution in [1.29, 1.82) is 0 Å². The van der Waals surface area contributed by atoms with Gasteiger partial charge in [0.2, 0.25) is 0 Å². The van der Waals surface area contributed by atoms with Crippen molar-refractivity contribution in [3.8, 4) is 44.5 Å². The largest absolute Gasteiger partial charge is 0.311 e. The van der Waals surface area contributed by atoms with E-state index in [4.69, 9.17) is 0 Å². The van der Waals surface area contributed by atoms with E-state index in [1.54, 1.807) is 0 Å². The first-order valence-corrected chi connectivity index (χ1v) is 19.7. The lowest BCUT2D eigenvalue weighted by Gasteiger charge is -2.45. The van der Waals surface area contributed by atoms with E-state index in [2.05, 4.69) is 234 Å². The number of hydrogen-bond donors (Lipinski definition) is 0. The van der Waals surface area contributed by atoms with Gasteiger partial charge in [-0.2, -0.15) is 0 Å². The Morgan fingerprint density at radius 3 is 1.19 bits per heavy atom. The lowest BCUT2D eigenvalue weighted by Crippen LogP contribution is -2.61. The molecule has 9 aromatic rings. The summed E-state index contributed by atoms with van der Waals surface area (Å²) in [5.74, 6) is 0. The summed E-state index contributed by atoms with van der Waals surface area (Å²) in [7, 11) is 0. The highest BCUT2D eigenvalue weighted by Crippen LogP contribution is 2.46. The standard InChI is InChI=1S/C54H37BN2/c1-5-17-38(18-6-1)42-25-13-27-45(35-42)56-49-34-33-44(40-21-9-3-10-22-40)37-48(49)55-53-47(41-23-11-4-12-24-41)29-15-30-50(53)57(52-32-16-31-51(56)54(52)55)46-28-14-26-43(36-46)39-19-7-2-8-20-39/h1-37H. The number of anilines is 6. The van der Waals surface area contributed by atoms with E-state index in [-0.39, 0.29) is 6.71 Å². The summed E-state index contributed by atoms with van der Waals surface area (Å²) in [4.78, 5) is 5.01. The third-order valence-electron chi connectivity index (χ3n) is 11.6. The molecule has 3 heteroatoms. The maximum Gasteiger partial charge on any atom is 0.252 e. The van der Waals surface area contributed by atoms with Crippen molar-refractivity contribution in [3.05, 3.63) is 224 Å². The Labute approximate surface area is 334 Å². The summed E-state index contributed by atoms with van der Waals surface area (Å²) >= 11 is 0. The van der Waals surface area contributed by atoms with Crippen LogP contribution in [-0.2, 0) is 0 Å². The number of nitrogens with zero attached hydrogens (tertiary/aromatic N) is 2. The SMILES string of the molecule is c1ccc(-c2cccc(N3c4ccc(-c5ccccc5)cc4B4c5c(-c6ccccc6)cccc5N(c5cccc(-c6ccccc6)c5)c5cccc3c54)c2)cc1. The molecule has 2 heterocycles. The van der Waals surface area contributed by atoms with E-state index >= 15 is 0 Å². The van der Waals surface area contributed by atoms with Crippen LogP contribution in [0, 0.1) is 0 Å². The topological polar surface area (TPSA) is 6.48 Å². The predicted octanol–water partition coefficient (Wildman–Crippen LogP) is 12.4. The lowest BCUT2D eigenvalue weighted by atomic mass is 9.32. The quantitative estimate of drug-likeness (QED) is 0.158. The lowest BCUT2D eigenvalue weighted by molar-refractivity contribution is 1.25.